The van der Waals surface area contributed by atoms with Crippen LogP contribution in [0.4, 0.5) is 0 Å². The maximum absolute atomic E-state index is 12.0. The fraction of sp³-hybridized carbons (Fsp3) is 0.500. The lowest BCUT2D eigenvalue weighted by atomic mass is 9.81. The number of carbonyl (C=O) groups excluding carboxylic acids is 2. The van der Waals surface area contributed by atoms with Crippen molar-refractivity contribution in [2.45, 2.75) is 25.5 Å². The zero-order valence-corrected chi connectivity index (χ0v) is 14.4. The molecule has 1 aliphatic heterocycles. The van der Waals surface area contributed by atoms with Crippen LogP contribution in [0, 0.1) is 9.62 Å². The lowest BCUT2D eigenvalue weighted by Crippen LogP contribution is -2.44. The Balaban J connectivity index is 2.72. The number of aliphatic hydroxyl groups is 1. The number of hydrogen-bond donors (Lipinski definition) is 1. The average Bonchev–Trinajstić information content (AvgIpc) is 2.75. The van der Waals surface area contributed by atoms with Crippen LogP contribution in [0.3, 0.4) is 0 Å². The highest BCUT2D eigenvalue weighted by molar-refractivity contribution is 14.1. The highest BCUT2D eigenvalue weighted by Gasteiger charge is 2.59. The molecule has 3 unspecified atom stereocenters. The van der Waals surface area contributed by atoms with Gasteiger partial charge < -0.3 is 14.4 Å². The molecule has 0 amide bonds. The van der Waals surface area contributed by atoms with Gasteiger partial charge in [0, 0.05) is 10.5 Å². The average molecular weight is 442 g/mol. The molecular formula is C12H13BrINO4. The summed E-state index contributed by atoms with van der Waals surface area (Å²) >= 11 is 5.48. The van der Waals surface area contributed by atoms with Crippen molar-refractivity contribution >= 4 is 50.3 Å². The summed E-state index contributed by atoms with van der Waals surface area (Å²) in [6, 6.07) is 1.35. The number of fused-ring (bicyclic) bond motifs is 1. The van der Waals surface area contributed by atoms with E-state index in [9.17, 15) is 14.7 Å². The van der Waals surface area contributed by atoms with Crippen molar-refractivity contribution in [2.24, 2.45) is 5.92 Å². The molecule has 2 heterocycles. The maximum Gasteiger partial charge on any atom is 0.345 e. The first-order valence-electron chi connectivity index (χ1n) is 5.64. The van der Waals surface area contributed by atoms with Gasteiger partial charge >= 0.3 is 5.97 Å². The molecule has 1 aromatic rings. The van der Waals surface area contributed by atoms with Crippen LogP contribution in [0.2, 0.25) is 0 Å². The maximum atomic E-state index is 12.0. The number of ketones is 1. The number of esters is 1. The Kier molecular flexibility index (Phi) is 3.83. The van der Waals surface area contributed by atoms with Gasteiger partial charge in [-0.15, -0.1) is 0 Å². The van der Waals surface area contributed by atoms with Gasteiger partial charge in [-0.1, -0.05) is 0 Å². The van der Waals surface area contributed by atoms with E-state index in [2.05, 4.69) is 38.5 Å². The number of rotatable bonds is 2. The van der Waals surface area contributed by atoms with Gasteiger partial charge in [0.25, 0.3) is 0 Å². The Morgan fingerprint density at radius 3 is 2.63 bits per heavy atom. The predicted octanol–water partition coefficient (Wildman–Crippen LogP) is 2.00. The molecule has 3 atom stereocenters. The summed E-state index contributed by atoms with van der Waals surface area (Å²) in [5, 5.41) is 10.8. The van der Waals surface area contributed by atoms with E-state index in [4.69, 9.17) is 4.74 Å². The molecule has 7 heteroatoms. The molecule has 0 bridgehead atoms. The standard InChI is InChI=1S/C12H13BrINO4/c1-5-9(6(2)16)12(18,11(17)19-3)8-4-7(13)10(14)15(5)8/h4-5,9,18H,1-3H3. The van der Waals surface area contributed by atoms with Crippen LogP contribution in [0.25, 0.3) is 0 Å². The Hall–Kier alpha value is -0.410. The minimum Gasteiger partial charge on any atom is -0.467 e. The van der Waals surface area contributed by atoms with Crippen molar-refractivity contribution < 1.29 is 19.4 Å². The molecule has 0 saturated heterocycles. The molecule has 104 valence electrons. The Morgan fingerprint density at radius 1 is 1.58 bits per heavy atom. The molecule has 0 aliphatic carbocycles. The van der Waals surface area contributed by atoms with Crippen LogP contribution in [0.5, 0.6) is 0 Å². The summed E-state index contributed by atoms with van der Waals surface area (Å²) < 4.78 is 8.12. The Labute approximate surface area is 132 Å². The summed E-state index contributed by atoms with van der Waals surface area (Å²) in [5.41, 5.74) is -1.53. The monoisotopic (exact) mass is 441 g/mol. The SMILES string of the molecule is COC(=O)C1(O)c2cc(Br)c(I)n2C(C)C1C(C)=O. The molecule has 19 heavy (non-hydrogen) atoms. The van der Waals surface area contributed by atoms with Gasteiger partial charge in [-0.2, -0.15) is 0 Å². The van der Waals surface area contributed by atoms with E-state index in [0.29, 0.717) is 5.69 Å². The lowest BCUT2D eigenvalue weighted by Gasteiger charge is -2.26. The van der Waals surface area contributed by atoms with E-state index < -0.39 is 17.5 Å². The summed E-state index contributed by atoms with van der Waals surface area (Å²) in [4.78, 5) is 23.9. The summed E-state index contributed by atoms with van der Waals surface area (Å²) in [6.07, 6.45) is 0. The molecule has 0 fully saturated rings. The van der Waals surface area contributed by atoms with Crippen LogP contribution in [0.15, 0.2) is 10.5 Å². The Bertz CT molecular complexity index is 570. The van der Waals surface area contributed by atoms with Gasteiger partial charge in [0.05, 0.1) is 22.4 Å². The second-order valence-corrected chi connectivity index (χ2v) is 6.50. The van der Waals surface area contributed by atoms with Crippen molar-refractivity contribution in [1.29, 1.82) is 0 Å². The van der Waals surface area contributed by atoms with Gasteiger partial charge in [0.15, 0.2) is 0 Å². The first-order valence-corrected chi connectivity index (χ1v) is 7.51. The van der Waals surface area contributed by atoms with E-state index >= 15 is 0 Å². The zero-order valence-electron chi connectivity index (χ0n) is 10.6. The number of methoxy groups -OCH3 is 1. The second-order valence-electron chi connectivity index (χ2n) is 4.63. The van der Waals surface area contributed by atoms with Gasteiger partial charge in [-0.3, -0.25) is 4.79 Å². The minimum absolute atomic E-state index is 0.240. The number of Topliss-reactive ketones (excluding diaryl/α,β-unsaturated/α-hetero) is 1. The number of ether oxygens (including phenoxy) is 1. The second kappa shape index (κ2) is 4.85. The fourth-order valence-corrected chi connectivity index (χ4v) is 4.10. The van der Waals surface area contributed by atoms with Crippen molar-refractivity contribution in [3.63, 3.8) is 0 Å². The molecule has 1 aliphatic rings. The number of hydrogen-bond acceptors (Lipinski definition) is 4. The molecule has 0 saturated carbocycles. The molecule has 0 aromatic carbocycles. The minimum atomic E-state index is -1.92. The van der Waals surface area contributed by atoms with Crippen LogP contribution >= 0.6 is 38.5 Å². The highest BCUT2D eigenvalue weighted by Crippen LogP contribution is 2.49. The van der Waals surface area contributed by atoms with E-state index in [0.717, 1.165) is 8.17 Å². The summed E-state index contributed by atoms with van der Waals surface area (Å²) in [6.45, 7) is 3.19. The van der Waals surface area contributed by atoms with Gasteiger partial charge in [0.1, 0.15) is 5.78 Å². The van der Waals surface area contributed by atoms with Crippen molar-refractivity contribution in [2.75, 3.05) is 7.11 Å². The number of carbonyl (C=O) groups is 2. The number of aromatic nitrogens is 1. The van der Waals surface area contributed by atoms with Crippen LogP contribution < -0.4 is 0 Å². The van der Waals surface area contributed by atoms with Gasteiger partial charge in [0.2, 0.25) is 5.60 Å². The summed E-state index contributed by atoms with van der Waals surface area (Å²) in [5.74, 6) is -1.88. The molecule has 1 N–H and O–H groups in total. The quantitative estimate of drug-likeness (QED) is 0.563. The first kappa shape index (κ1) is 15.0. The number of halogens is 2. The van der Waals surface area contributed by atoms with E-state index in [1.165, 1.54) is 14.0 Å². The Morgan fingerprint density at radius 2 is 2.16 bits per heavy atom. The molecule has 0 radical (unpaired) electrons. The van der Waals surface area contributed by atoms with Crippen molar-refractivity contribution in [1.82, 2.24) is 4.57 Å². The van der Waals surface area contributed by atoms with Crippen molar-refractivity contribution in [3.8, 4) is 0 Å². The van der Waals surface area contributed by atoms with Gasteiger partial charge in [-0.25, -0.2) is 4.79 Å². The van der Waals surface area contributed by atoms with Crippen LogP contribution in [-0.4, -0.2) is 28.5 Å². The van der Waals surface area contributed by atoms with Crippen LogP contribution in [-0.2, 0) is 19.9 Å². The molecule has 5 nitrogen and oxygen atoms in total. The van der Waals surface area contributed by atoms with E-state index in [-0.39, 0.29) is 11.8 Å². The van der Waals surface area contributed by atoms with Gasteiger partial charge in [-0.05, 0) is 58.4 Å². The molecule has 0 spiro atoms. The first-order chi connectivity index (χ1) is 8.76. The number of nitrogens with zero attached hydrogens (tertiary/aromatic N) is 1. The smallest absolute Gasteiger partial charge is 0.345 e. The highest BCUT2D eigenvalue weighted by atomic mass is 127. The summed E-state index contributed by atoms with van der Waals surface area (Å²) in [7, 11) is 1.20. The largest absolute Gasteiger partial charge is 0.467 e. The van der Waals surface area contributed by atoms with E-state index in [1.54, 1.807) is 10.6 Å². The van der Waals surface area contributed by atoms with E-state index in [1.807, 2.05) is 6.92 Å². The third kappa shape index (κ3) is 1.89. The topological polar surface area (TPSA) is 68.5 Å². The molecule has 1 aromatic heterocycles. The molecule has 2 rings (SSSR count). The zero-order chi connectivity index (χ0) is 14.5. The fourth-order valence-electron chi connectivity index (χ4n) is 2.84. The third-order valence-corrected chi connectivity index (χ3v) is 6.04. The lowest BCUT2D eigenvalue weighted by molar-refractivity contribution is -0.172. The normalized spacial score (nSPS) is 29.2. The predicted molar refractivity (Wildman–Crippen MR) is 79.6 cm³/mol. The third-order valence-electron chi connectivity index (χ3n) is 3.60. The van der Waals surface area contributed by atoms with Crippen LogP contribution in [0.1, 0.15) is 25.6 Å². The van der Waals surface area contributed by atoms with Crippen molar-refractivity contribution in [3.05, 3.63) is 19.9 Å². The molecular weight excluding hydrogens is 429 g/mol.